The van der Waals surface area contributed by atoms with Gasteiger partial charge >= 0.3 is 0 Å². The lowest BCUT2D eigenvalue weighted by Crippen LogP contribution is -2.38. The third-order valence-corrected chi connectivity index (χ3v) is 6.56. The molecule has 1 aromatic rings. The second-order valence-corrected chi connectivity index (χ2v) is 8.14. The Labute approximate surface area is 131 Å². The number of aryl methyl sites for hydroxylation is 2. The monoisotopic (exact) mass is 332 g/mol. The second-order valence-electron chi connectivity index (χ2n) is 5.34. The smallest absolute Gasteiger partial charge is 0.244 e. The summed E-state index contributed by atoms with van der Waals surface area (Å²) in [4.78, 5) is 0.316. The van der Waals surface area contributed by atoms with E-state index in [0.29, 0.717) is 23.0 Å². The maximum absolute atomic E-state index is 12.7. The van der Waals surface area contributed by atoms with Crippen molar-refractivity contribution in [1.82, 2.24) is 10.0 Å². The van der Waals surface area contributed by atoms with Crippen LogP contribution in [-0.2, 0) is 16.6 Å². The molecule has 0 aliphatic carbocycles. The first-order valence-electron chi connectivity index (χ1n) is 7.35. The lowest BCUT2D eigenvalue weighted by atomic mass is 10.2. The van der Waals surface area contributed by atoms with Crippen LogP contribution >= 0.6 is 11.8 Å². The van der Waals surface area contributed by atoms with E-state index in [1.165, 1.54) is 0 Å². The molecule has 120 valence electrons. The number of furan rings is 1. The third kappa shape index (κ3) is 4.03. The van der Waals surface area contributed by atoms with Crippen LogP contribution in [0.25, 0.3) is 0 Å². The fourth-order valence-corrected chi connectivity index (χ4v) is 5.52. The molecule has 0 aromatic carbocycles. The summed E-state index contributed by atoms with van der Waals surface area (Å²) in [5.74, 6) is 3.11. The van der Waals surface area contributed by atoms with Gasteiger partial charge in [0.1, 0.15) is 16.4 Å². The summed E-state index contributed by atoms with van der Waals surface area (Å²) in [6, 6.07) is 0.0235. The van der Waals surface area contributed by atoms with Gasteiger partial charge in [-0.15, -0.1) is 0 Å². The van der Waals surface area contributed by atoms with E-state index in [9.17, 15) is 8.42 Å². The summed E-state index contributed by atoms with van der Waals surface area (Å²) in [6.07, 6.45) is 1.97. The van der Waals surface area contributed by atoms with E-state index in [1.54, 1.807) is 18.7 Å². The van der Waals surface area contributed by atoms with E-state index in [1.807, 2.05) is 13.8 Å². The number of sulfonamides is 1. The SMILES string of the molecule is CCNCc1c(C)oc(C)c1S(=O)(=O)NC1CCCSC1. The predicted octanol–water partition coefficient (Wildman–Crippen LogP) is 2.18. The molecule has 0 amide bonds. The van der Waals surface area contributed by atoms with Crippen LogP contribution in [0.2, 0.25) is 0 Å². The molecule has 1 aliphatic rings. The molecule has 2 rings (SSSR count). The Morgan fingerprint density at radius 1 is 1.33 bits per heavy atom. The Hall–Kier alpha value is -0.500. The van der Waals surface area contributed by atoms with Gasteiger partial charge in [0.05, 0.1) is 0 Å². The van der Waals surface area contributed by atoms with Crippen molar-refractivity contribution in [1.29, 1.82) is 0 Å². The van der Waals surface area contributed by atoms with E-state index in [2.05, 4.69) is 10.0 Å². The minimum atomic E-state index is -3.53. The molecule has 5 nitrogen and oxygen atoms in total. The molecule has 7 heteroatoms. The molecule has 0 bridgehead atoms. The van der Waals surface area contributed by atoms with Gasteiger partial charge in [-0.1, -0.05) is 6.92 Å². The van der Waals surface area contributed by atoms with E-state index in [0.717, 1.165) is 36.5 Å². The molecule has 1 unspecified atom stereocenters. The number of rotatable bonds is 6. The van der Waals surface area contributed by atoms with Crippen molar-refractivity contribution in [3.63, 3.8) is 0 Å². The topological polar surface area (TPSA) is 71.3 Å². The number of hydrogen-bond acceptors (Lipinski definition) is 5. The first-order chi connectivity index (χ1) is 9.95. The highest BCUT2D eigenvalue weighted by atomic mass is 32.2. The van der Waals surface area contributed by atoms with Gasteiger partial charge in [-0.3, -0.25) is 0 Å². The van der Waals surface area contributed by atoms with Crippen LogP contribution in [0, 0.1) is 13.8 Å². The Bertz CT molecular complexity index is 575. The lowest BCUT2D eigenvalue weighted by Gasteiger charge is -2.22. The van der Waals surface area contributed by atoms with Crippen molar-refractivity contribution in [3.05, 3.63) is 17.1 Å². The zero-order chi connectivity index (χ0) is 15.5. The molecule has 1 aliphatic heterocycles. The van der Waals surface area contributed by atoms with Crippen molar-refractivity contribution >= 4 is 21.8 Å². The minimum absolute atomic E-state index is 0.0235. The molecule has 1 atom stereocenters. The molecular weight excluding hydrogens is 308 g/mol. The molecule has 0 radical (unpaired) electrons. The number of hydrogen-bond donors (Lipinski definition) is 2. The van der Waals surface area contributed by atoms with Crippen molar-refractivity contribution in [3.8, 4) is 0 Å². The van der Waals surface area contributed by atoms with Gasteiger partial charge in [-0.25, -0.2) is 13.1 Å². The van der Waals surface area contributed by atoms with Crippen LogP contribution in [-0.4, -0.2) is 32.5 Å². The van der Waals surface area contributed by atoms with Gasteiger partial charge in [0.15, 0.2) is 0 Å². The molecule has 21 heavy (non-hydrogen) atoms. The van der Waals surface area contributed by atoms with Gasteiger partial charge in [0.25, 0.3) is 0 Å². The summed E-state index contributed by atoms with van der Waals surface area (Å²) in [6.45, 7) is 6.82. The molecule has 1 saturated heterocycles. The van der Waals surface area contributed by atoms with Crippen LogP contribution in [0.15, 0.2) is 9.31 Å². The summed E-state index contributed by atoms with van der Waals surface area (Å²) in [5, 5.41) is 3.18. The molecule has 0 saturated carbocycles. The molecular formula is C14H24N2O3S2. The van der Waals surface area contributed by atoms with Gasteiger partial charge < -0.3 is 9.73 Å². The highest BCUT2D eigenvalue weighted by Crippen LogP contribution is 2.27. The first-order valence-corrected chi connectivity index (χ1v) is 9.99. The van der Waals surface area contributed by atoms with Crippen LogP contribution in [0.5, 0.6) is 0 Å². The van der Waals surface area contributed by atoms with Gasteiger partial charge in [0.2, 0.25) is 10.0 Å². The zero-order valence-corrected chi connectivity index (χ0v) is 14.5. The molecule has 2 heterocycles. The van der Waals surface area contributed by atoms with Crippen LogP contribution in [0.3, 0.4) is 0 Å². The van der Waals surface area contributed by atoms with Crippen LogP contribution in [0.4, 0.5) is 0 Å². The fraction of sp³-hybridized carbons (Fsp3) is 0.714. The molecule has 2 N–H and O–H groups in total. The predicted molar refractivity (Wildman–Crippen MR) is 86.2 cm³/mol. The number of thioether (sulfide) groups is 1. The van der Waals surface area contributed by atoms with Crippen molar-refractivity contribution < 1.29 is 12.8 Å². The molecule has 1 aromatic heterocycles. The maximum atomic E-state index is 12.7. The zero-order valence-electron chi connectivity index (χ0n) is 12.9. The van der Waals surface area contributed by atoms with E-state index in [-0.39, 0.29) is 6.04 Å². The number of nitrogens with one attached hydrogen (secondary N) is 2. The van der Waals surface area contributed by atoms with E-state index < -0.39 is 10.0 Å². The van der Waals surface area contributed by atoms with E-state index >= 15 is 0 Å². The summed E-state index contributed by atoms with van der Waals surface area (Å²) in [5.41, 5.74) is 0.741. The standard InChI is InChI=1S/C14H24N2O3S2/c1-4-15-8-13-10(2)19-11(3)14(13)21(17,18)16-12-6-5-7-20-9-12/h12,15-16H,4-9H2,1-3H3. The first kappa shape index (κ1) is 16.9. The van der Waals surface area contributed by atoms with Crippen molar-refractivity contribution in [2.45, 2.75) is 51.1 Å². The summed E-state index contributed by atoms with van der Waals surface area (Å²) < 4.78 is 33.8. The Balaban J connectivity index is 2.25. The highest BCUT2D eigenvalue weighted by Gasteiger charge is 2.29. The average Bonchev–Trinajstić information content (AvgIpc) is 2.72. The quantitative estimate of drug-likeness (QED) is 0.835. The maximum Gasteiger partial charge on any atom is 0.244 e. The van der Waals surface area contributed by atoms with Gasteiger partial charge in [0, 0.05) is 23.9 Å². The van der Waals surface area contributed by atoms with E-state index in [4.69, 9.17) is 4.42 Å². The van der Waals surface area contributed by atoms with Gasteiger partial charge in [-0.05, 0) is 39.0 Å². The minimum Gasteiger partial charge on any atom is -0.465 e. The van der Waals surface area contributed by atoms with Crippen LogP contribution in [0.1, 0.15) is 36.8 Å². The Morgan fingerprint density at radius 2 is 2.10 bits per heavy atom. The van der Waals surface area contributed by atoms with Gasteiger partial charge in [-0.2, -0.15) is 11.8 Å². The third-order valence-electron chi connectivity index (χ3n) is 3.63. The molecule has 0 spiro atoms. The average molecular weight is 332 g/mol. The summed E-state index contributed by atoms with van der Waals surface area (Å²) in [7, 11) is -3.53. The Morgan fingerprint density at radius 3 is 2.71 bits per heavy atom. The second kappa shape index (κ2) is 7.17. The highest BCUT2D eigenvalue weighted by molar-refractivity contribution is 7.99. The fourth-order valence-electron chi connectivity index (χ4n) is 2.63. The lowest BCUT2D eigenvalue weighted by molar-refractivity contribution is 0.491. The van der Waals surface area contributed by atoms with Crippen molar-refractivity contribution in [2.24, 2.45) is 0 Å². The summed E-state index contributed by atoms with van der Waals surface area (Å²) >= 11 is 1.80. The normalized spacial score (nSPS) is 19.9. The Kier molecular flexibility index (Phi) is 5.76. The van der Waals surface area contributed by atoms with Crippen LogP contribution < -0.4 is 10.0 Å². The van der Waals surface area contributed by atoms with Crippen molar-refractivity contribution in [2.75, 3.05) is 18.1 Å². The molecule has 1 fully saturated rings. The largest absolute Gasteiger partial charge is 0.465 e.